The van der Waals surface area contributed by atoms with Crippen LogP contribution in [0.2, 0.25) is 0 Å². The summed E-state index contributed by atoms with van der Waals surface area (Å²) in [6, 6.07) is 2.94. The van der Waals surface area contributed by atoms with Crippen LogP contribution in [0.3, 0.4) is 0 Å². The molecule has 156 valence electrons. The smallest absolute Gasteiger partial charge is 0.198 e. The van der Waals surface area contributed by atoms with Crippen LogP contribution in [0.15, 0.2) is 12.1 Å². The van der Waals surface area contributed by atoms with Crippen LogP contribution < -0.4 is 0 Å². The van der Waals surface area contributed by atoms with Crippen molar-refractivity contribution in [3.8, 4) is 0 Å². The van der Waals surface area contributed by atoms with Crippen molar-refractivity contribution >= 4 is 6.29 Å². The Labute approximate surface area is 166 Å². The highest BCUT2D eigenvalue weighted by Gasteiger charge is 2.49. The van der Waals surface area contributed by atoms with E-state index >= 15 is 0 Å². The number of hydrogen-bond donors (Lipinski definition) is 0. The molecule has 0 amide bonds. The summed E-state index contributed by atoms with van der Waals surface area (Å²) in [6.45, 7) is 6.37. The fourth-order valence-corrected chi connectivity index (χ4v) is 3.86. The van der Waals surface area contributed by atoms with Crippen LogP contribution in [0, 0.1) is 5.82 Å². The molecule has 0 unspecified atom stereocenters. The van der Waals surface area contributed by atoms with Gasteiger partial charge in [-0.15, -0.1) is 0 Å². The second-order valence-corrected chi connectivity index (χ2v) is 7.64. The first-order valence-corrected chi connectivity index (χ1v) is 10.4. The van der Waals surface area contributed by atoms with Crippen molar-refractivity contribution in [1.82, 2.24) is 0 Å². The third-order valence-corrected chi connectivity index (χ3v) is 5.40. The van der Waals surface area contributed by atoms with Gasteiger partial charge in [0.15, 0.2) is 12.1 Å². The number of carbonyl (C=O) groups is 1. The number of ether oxygens (including phenoxy) is 4. The van der Waals surface area contributed by atoms with E-state index in [2.05, 4.69) is 13.8 Å². The standard InChI is InChI=1S/C22H31FO5/c1-3-5-7-25-15-19-11-18(26-8-6-4-2)12-22(28-19)20-9-16(13-24)21(23)10-17(20)14-27-22/h9-10,13,18-19H,3-8,11-12,14-15H2,1-2H3/t18-,19-,22+/m0/s1. The number of benzene rings is 1. The van der Waals surface area contributed by atoms with E-state index in [-0.39, 0.29) is 24.4 Å². The van der Waals surface area contributed by atoms with Gasteiger partial charge in [-0.25, -0.2) is 4.39 Å². The lowest BCUT2D eigenvalue weighted by Crippen LogP contribution is -2.46. The largest absolute Gasteiger partial charge is 0.379 e. The van der Waals surface area contributed by atoms with E-state index in [4.69, 9.17) is 18.9 Å². The van der Waals surface area contributed by atoms with Crippen LogP contribution in [0.1, 0.15) is 73.9 Å². The highest BCUT2D eigenvalue weighted by Crippen LogP contribution is 2.46. The van der Waals surface area contributed by atoms with E-state index in [1.54, 1.807) is 6.07 Å². The molecule has 2 heterocycles. The minimum absolute atomic E-state index is 0.0250. The van der Waals surface area contributed by atoms with Crippen LogP contribution in [0.4, 0.5) is 4.39 Å². The highest BCUT2D eigenvalue weighted by molar-refractivity contribution is 5.76. The Morgan fingerprint density at radius 3 is 2.79 bits per heavy atom. The van der Waals surface area contributed by atoms with Crippen molar-refractivity contribution in [2.24, 2.45) is 0 Å². The maximum atomic E-state index is 14.0. The zero-order valence-corrected chi connectivity index (χ0v) is 16.9. The van der Waals surface area contributed by atoms with Gasteiger partial charge in [0.05, 0.1) is 31.0 Å². The summed E-state index contributed by atoms with van der Waals surface area (Å²) in [5, 5.41) is 0. The maximum absolute atomic E-state index is 14.0. The summed E-state index contributed by atoms with van der Waals surface area (Å²) in [7, 11) is 0. The van der Waals surface area contributed by atoms with Gasteiger partial charge in [0.2, 0.25) is 0 Å². The van der Waals surface area contributed by atoms with Crippen molar-refractivity contribution in [2.75, 3.05) is 19.8 Å². The number of carbonyl (C=O) groups excluding carboxylic acids is 1. The summed E-state index contributed by atoms with van der Waals surface area (Å²) in [4.78, 5) is 11.2. The van der Waals surface area contributed by atoms with E-state index < -0.39 is 11.6 Å². The van der Waals surface area contributed by atoms with Crippen LogP contribution >= 0.6 is 0 Å². The third kappa shape index (κ3) is 4.79. The molecule has 1 fully saturated rings. The summed E-state index contributed by atoms with van der Waals surface area (Å²) in [5.74, 6) is -1.53. The quantitative estimate of drug-likeness (QED) is 0.432. The van der Waals surface area contributed by atoms with E-state index in [1.807, 2.05) is 0 Å². The summed E-state index contributed by atoms with van der Waals surface area (Å²) in [5.41, 5.74) is 1.48. The average molecular weight is 394 g/mol. The number of fused-ring (bicyclic) bond motifs is 2. The van der Waals surface area contributed by atoms with Crippen molar-refractivity contribution in [1.29, 1.82) is 0 Å². The van der Waals surface area contributed by atoms with E-state index in [9.17, 15) is 9.18 Å². The first-order valence-electron chi connectivity index (χ1n) is 10.4. The molecule has 0 radical (unpaired) electrons. The fraction of sp³-hybridized carbons (Fsp3) is 0.682. The summed E-state index contributed by atoms with van der Waals surface area (Å²) < 4.78 is 38.3. The number of aldehydes is 1. The Balaban J connectivity index is 1.79. The summed E-state index contributed by atoms with van der Waals surface area (Å²) in [6.07, 6.45) is 5.75. The third-order valence-electron chi connectivity index (χ3n) is 5.40. The number of hydrogen-bond acceptors (Lipinski definition) is 5. The molecule has 3 rings (SSSR count). The lowest BCUT2D eigenvalue weighted by molar-refractivity contribution is -0.308. The number of rotatable bonds is 10. The Morgan fingerprint density at radius 2 is 2.04 bits per heavy atom. The molecule has 28 heavy (non-hydrogen) atoms. The molecule has 1 aromatic carbocycles. The Bertz CT molecular complexity index is 665. The van der Waals surface area contributed by atoms with Gasteiger partial charge < -0.3 is 18.9 Å². The SMILES string of the molecule is CCCCOC[C@@H]1C[C@H](OCCCC)C[C@@]2(OCc3cc(F)c(C=O)cc32)O1. The molecule has 0 saturated carbocycles. The second kappa shape index (κ2) is 9.92. The van der Waals surface area contributed by atoms with Gasteiger partial charge in [-0.05, 0) is 30.5 Å². The Hall–Kier alpha value is -1.34. The van der Waals surface area contributed by atoms with Gasteiger partial charge in [0, 0.05) is 31.6 Å². The molecule has 2 aliphatic rings. The lowest BCUT2D eigenvalue weighted by Gasteiger charge is -2.42. The van der Waals surface area contributed by atoms with E-state index in [0.29, 0.717) is 32.5 Å². The Morgan fingerprint density at radius 1 is 1.25 bits per heavy atom. The molecule has 1 aromatic rings. The van der Waals surface area contributed by atoms with Gasteiger partial charge in [-0.1, -0.05) is 26.7 Å². The van der Waals surface area contributed by atoms with Gasteiger partial charge in [0.25, 0.3) is 0 Å². The van der Waals surface area contributed by atoms with Crippen molar-refractivity contribution in [3.63, 3.8) is 0 Å². The van der Waals surface area contributed by atoms with Crippen LogP contribution in [0.5, 0.6) is 0 Å². The molecule has 6 heteroatoms. The van der Waals surface area contributed by atoms with Crippen LogP contribution in [0.25, 0.3) is 0 Å². The zero-order chi connectivity index (χ0) is 20.0. The van der Waals surface area contributed by atoms with Gasteiger partial charge in [0.1, 0.15) is 5.82 Å². The molecule has 0 aliphatic carbocycles. The van der Waals surface area contributed by atoms with Gasteiger partial charge in [-0.3, -0.25) is 4.79 Å². The number of halogens is 1. The zero-order valence-electron chi connectivity index (χ0n) is 16.9. The average Bonchev–Trinajstić information content (AvgIpc) is 3.01. The predicted octanol–water partition coefficient (Wildman–Crippen LogP) is 4.50. The van der Waals surface area contributed by atoms with Gasteiger partial charge >= 0.3 is 0 Å². The predicted molar refractivity (Wildman–Crippen MR) is 103 cm³/mol. The molecule has 2 aliphatic heterocycles. The monoisotopic (exact) mass is 394 g/mol. The molecule has 1 saturated heterocycles. The van der Waals surface area contributed by atoms with E-state index in [0.717, 1.165) is 43.2 Å². The molecule has 3 atom stereocenters. The molecule has 0 N–H and O–H groups in total. The first kappa shape index (κ1) is 21.4. The maximum Gasteiger partial charge on any atom is 0.198 e. The summed E-state index contributed by atoms with van der Waals surface area (Å²) >= 11 is 0. The molecule has 1 spiro atoms. The minimum Gasteiger partial charge on any atom is -0.379 e. The molecule has 0 bridgehead atoms. The first-order chi connectivity index (χ1) is 13.6. The van der Waals surface area contributed by atoms with Crippen molar-refractivity contribution in [2.45, 2.75) is 77.0 Å². The van der Waals surface area contributed by atoms with Gasteiger partial charge in [-0.2, -0.15) is 0 Å². The van der Waals surface area contributed by atoms with E-state index in [1.165, 1.54) is 6.07 Å². The van der Waals surface area contributed by atoms with Crippen LogP contribution in [-0.4, -0.2) is 38.3 Å². The van der Waals surface area contributed by atoms with Crippen molar-refractivity contribution < 1.29 is 28.1 Å². The minimum atomic E-state index is -1.01. The highest BCUT2D eigenvalue weighted by atomic mass is 19.1. The van der Waals surface area contributed by atoms with Crippen molar-refractivity contribution in [3.05, 3.63) is 34.6 Å². The second-order valence-electron chi connectivity index (χ2n) is 7.64. The fourth-order valence-electron chi connectivity index (χ4n) is 3.86. The molecule has 0 aromatic heterocycles. The van der Waals surface area contributed by atoms with Crippen LogP contribution in [-0.2, 0) is 31.3 Å². The topological polar surface area (TPSA) is 54.0 Å². The lowest BCUT2D eigenvalue weighted by atomic mass is 9.90. The molecular weight excluding hydrogens is 363 g/mol. The normalized spacial score (nSPS) is 26.5. The Kier molecular flexibility index (Phi) is 7.57. The number of unbranched alkanes of at least 4 members (excludes halogenated alkanes) is 2. The molecule has 5 nitrogen and oxygen atoms in total. The molecular formula is C22H31FO5.